The summed E-state index contributed by atoms with van der Waals surface area (Å²) in [6, 6.07) is 2.14. The molecule has 4 aromatic rings. The van der Waals surface area contributed by atoms with E-state index in [1.807, 2.05) is 19.3 Å². The molecular weight excluding hydrogens is 462 g/mol. The predicted octanol–water partition coefficient (Wildman–Crippen LogP) is 3.30. The number of anilines is 1. The first-order chi connectivity index (χ1) is 17.0. The number of hydrogen-bond acceptors (Lipinski definition) is 6. The molecule has 0 atom stereocenters. The van der Waals surface area contributed by atoms with E-state index in [4.69, 9.17) is 4.98 Å². The molecule has 1 saturated carbocycles. The van der Waals surface area contributed by atoms with Crippen molar-refractivity contribution < 1.29 is 8.42 Å². The largest absolute Gasteiger partial charge is 0.367 e. The Hall–Kier alpha value is -2.98. The maximum Gasteiger partial charge on any atom is 0.217 e. The van der Waals surface area contributed by atoms with Crippen molar-refractivity contribution in [1.29, 1.82) is 0 Å². The SMILES string of the molecule is Cc1[nH]ncc1-c1nc2c(N3CCN(S(=O)(=O)C4CC4)CC3)cc3[nH]ncc3c2c2c1CCCC2. The van der Waals surface area contributed by atoms with E-state index < -0.39 is 10.0 Å². The van der Waals surface area contributed by atoms with Gasteiger partial charge in [0.25, 0.3) is 0 Å². The van der Waals surface area contributed by atoms with Crippen molar-refractivity contribution in [3.05, 3.63) is 35.3 Å². The summed E-state index contributed by atoms with van der Waals surface area (Å²) in [6.45, 7) is 4.38. The zero-order chi connectivity index (χ0) is 23.7. The number of aryl methyl sites for hydroxylation is 2. The highest BCUT2D eigenvalue weighted by Crippen LogP contribution is 2.42. The van der Waals surface area contributed by atoms with Gasteiger partial charge in [0, 0.05) is 48.2 Å². The molecule has 7 rings (SSSR count). The van der Waals surface area contributed by atoms with Gasteiger partial charge in [-0.1, -0.05) is 0 Å². The van der Waals surface area contributed by atoms with Crippen molar-refractivity contribution in [2.45, 2.75) is 50.7 Å². The molecule has 0 radical (unpaired) electrons. The van der Waals surface area contributed by atoms with Gasteiger partial charge in [0.05, 0.1) is 40.1 Å². The lowest BCUT2D eigenvalue weighted by molar-refractivity contribution is 0.384. The van der Waals surface area contributed by atoms with Crippen molar-refractivity contribution in [2.24, 2.45) is 0 Å². The molecule has 3 aliphatic rings. The van der Waals surface area contributed by atoms with Crippen LogP contribution < -0.4 is 4.90 Å². The summed E-state index contributed by atoms with van der Waals surface area (Å²) in [5.41, 5.74) is 8.84. The fourth-order valence-corrected chi connectivity index (χ4v) is 7.75. The Balaban J connectivity index is 1.40. The minimum absolute atomic E-state index is 0.162. The van der Waals surface area contributed by atoms with E-state index in [1.54, 1.807) is 4.31 Å². The van der Waals surface area contributed by atoms with Crippen LogP contribution in [0.15, 0.2) is 18.5 Å². The van der Waals surface area contributed by atoms with Crippen molar-refractivity contribution in [3.8, 4) is 11.3 Å². The van der Waals surface area contributed by atoms with E-state index >= 15 is 0 Å². The molecule has 182 valence electrons. The Morgan fingerprint density at radius 2 is 1.71 bits per heavy atom. The number of fused-ring (bicyclic) bond motifs is 5. The van der Waals surface area contributed by atoms with Gasteiger partial charge in [-0.05, 0) is 62.6 Å². The van der Waals surface area contributed by atoms with E-state index in [-0.39, 0.29) is 5.25 Å². The highest BCUT2D eigenvalue weighted by molar-refractivity contribution is 7.90. The molecule has 0 unspecified atom stereocenters. The molecule has 35 heavy (non-hydrogen) atoms. The summed E-state index contributed by atoms with van der Waals surface area (Å²) < 4.78 is 27.3. The number of benzene rings is 1. The highest BCUT2D eigenvalue weighted by Gasteiger charge is 2.41. The summed E-state index contributed by atoms with van der Waals surface area (Å²) in [7, 11) is -3.15. The van der Waals surface area contributed by atoms with Crippen molar-refractivity contribution in [1.82, 2.24) is 29.7 Å². The zero-order valence-electron chi connectivity index (χ0n) is 19.8. The first kappa shape index (κ1) is 21.3. The fourth-order valence-electron chi connectivity index (χ4n) is 5.92. The smallest absolute Gasteiger partial charge is 0.217 e. The number of hydrogen-bond donors (Lipinski definition) is 2. The van der Waals surface area contributed by atoms with Gasteiger partial charge in [0.2, 0.25) is 10.0 Å². The van der Waals surface area contributed by atoms with Gasteiger partial charge in [0.15, 0.2) is 0 Å². The van der Waals surface area contributed by atoms with E-state index in [1.165, 1.54) is 16.5 Å². The number of nitrogens with one attached hydrogen (secondary N) is 2. The molecule has 0 amide bonds. The van der Waals surface area contributed by atoms with Crippen molar-refractivity contribution >= 4 is 37.5 Å². The molecule has 2 fully saturated rings. The lowest BCUT2D eigenvalue weighted by Crippen LogP contribution is -2.49. The van der Waals surface area contributed by atoms with Crippen molar-refractivity contribution in [2.75, 3.05) is 31.1 Å². The molecule has 0 spiro atoms. The molecular formula is C25H29N7O2S. The number of sulfonamides is 1. The Morgan fingerprint density at radius 3 is 2.43 bits per heavy atom. The van der Waals surface area contributed by atoms with Gasteiger partial charge in [0.1, 0.15) is 0 Å². The van der Waals surface area contributed by atoms with Crippen LogP contribution in [0, 0.1) is 6.92 Å². The van der Waals surface area contributed by atoms with Gasteiger partial charge in [-0.15, -0.1) is 0 Å². The summed E-state index contributed by atoms with van der Waals surface area (Å²) in [6.07, 6.45) is 9.77. The Labute approximate surface area is 204 Å². The summed E-state index contributed by atoms with van der Waals surface area (Å²) in [5, 5.41) is 17.1. The number of aromatic nitrogens is 5. The molecule has 0 bridgehead atoms. The standard InChI is InChI=1S/C25H29N7O2S/c1-15-19(13-26-29-15)24-18-5-3-2-4-17(18)23-20-14-27-30-21(20)12-22(25(23)28-24)31-8-10-32(11-9-31)35(33,34)16-6-7-16/h12-14,16H,2-11H2,1H3,(H,26,29)(H,27,30). The Kier molecular flexibility index (Phi) is 4.73. The third-order valence-corrected chi connectivity index (χ3v) is 10.3. The fraction of sp³-hybridized carbons (Fsp3) is 0.480. The lowest BCUT2D eigenvalue weighted by atomic mass is 9.85. The van der Waals surface area contributed by atoms with E-state index in [2.05, 4.69) is 31.4 Å². The second-order valence-corrected chi connectivity index (χ2v) is 12.3. The number of H-pyrrole nitrogens is 2. The maximum atomic E-state index is 12.8. The van der Waals surface area contributed by atoms with E-state index in [0.29, 0.717) is 26.2 Å². The van der Waals surface area contributed by atoms with E-state index in [0.717, 1.165) is 77.6 Å². The number of piperazine rings is 1. The van der Waals surface area contributed by atoms with Gasteiger partial charge in [-0.2, -0.15) is 14.5 Å². The average Bonchev–Trinajstić information content (AvgIpc) is 3.51. The van der Waals surface area contributed by atoms with Crippen LogP contribution in [0.1, 0.15) is 42.5 Å². The average molecular weight is 492 g/mol. The first-order valence-corrected chi connectivity index (χ1v) is 14.1. The zero-order valence-corrected chi connectivity index (χ0v) is 20.7. The Morgan fingerprint density at radius 1 is 0.971 bits per heavy atom. The molecule has 4 heterocycles. The van der Waals surface area contributed by atoms with Crippen LogP contribution in [-0.4, -0.2) is 69.5 Å². The maximum absolute atomic E-state index is 12.8. The molecule has 3 aromatic heterocycles. The normalized spacial score (nSPS) is 19.5. The quantitative estimate of drug-likeness (QED) is 0.453. The molecule has 10 heteroatoms. The highest BCUT2D eigenvalue weighted by atomic mass is 32.2. The first-order valence-electron chi connectivity index (χ1n) is 12.6. The molecule has 2 N–H and O–H groups in total. The van der Waals surface area contributed by atoms with E-state index in [9.17, 15) is 8.42 Å². The minimum Gasteiger partial charge on any atom is -0.367 e. The molecule has 1 saturated heterocycles. The van der Waals surface area contributed by atoms with Crippen LogP contribution in [0.25, 0.3) is 33.1 Å². The second-order valence-electron chi connectivity index (χ2n) is 10.1. The monoisotopic (exact) mass is 491 g/mol. The van der Waals surface area contributed by atoms with Crippen molar-refractivity contribution in [3.63, 3.8) is 0 Å². The second kappa shape index (κ2) is 7.76. The number of rotatable bonds is 4. The van der Waals surface area contributed by atoms with Gasteiger partial charge < -0.3 is 4.90 Å². The summed E-state index contributed by atoms with van der Waals surface area (Å²) in [5.74, 6) is 0. The molecule has 9 nitrogen and oxygen atoms in total. The van der Waals surface area contributed by atoms with Gasteiger partial charge in [-0.25, -0.2) is 13.4 Å². The number of pyridine rings is 1. The van der Waals surface area contributed by atoms with Crippen LogP contribution >= 0.6 is 0 Å². The predicted molar refractivity (Wildman–Crippen MR) is 136 cm³/mol. The third kappa shape index (κ3) is 3.30. The molecule has 1 aliphatic heterocycles. The molecule has 1 aromatic carbocycles. The summed E-state index contributed by atoms with van der Waals surface area (Å²) >= 11 is 0. The lowest BCUT2D eigenvalue weighted by Gasteiger charge is -2.36. The van der Waals surface area contributed by atoms with Crippen LogP contribution in [0.3, 0.4) is 0 Å². The third-order valence-electron chi connectivity index (χ3n) is 7.95. The van der Waals surface area contributed by atoms with Crippen LogP contribution in [0.4, 0.5) is 5.69 Å². The summed E-state index contributed by atoms with van der Waals surface area (Å²) in [4.78, 5) is 7.63. The minimum atomic E-state index is -3.15. The number of nitrogens with zero attached hydrogens (tertiary/aromatic N) is 5. The van der Waals surface area contributed by atoms with Crippen LogP contribution in [0.2, 0.25) is 0 Å². The van der Waals surface area contributed by atoms with Crippen LogP contribution in [-0.2, 0) is 22.9 Å². The van der Waals surface area contributed by atoms with Crippen LogP contribution in [0.5, 0.6) is 0 Å². The Bertz CT molecular complexity index is 1560. The molecule has 2 aliphatic carbocycles. The van der Waals surface area contributed by atoms with Gasteiger partial charge in [-0.3, -0.25) is 10.2 Å². The topological polar surface area (TPSA) is 111 Å². The number of aromatic amines is 2. The van der Waals surface area contributed by atoms with Gasteiger partial charge >= 0.3 is 0 Å².